The maximum Gasteiger partial charge on any atom is 0.301 e. The first-order chi connectivity index (χ1) is 8.08. The van der Waals surface area contributed by atoms with Gasteiger partial charge in [-0.2, -0.15) is 11.8 Å². The van der Waals surface area contributed by atoms with Crippen LogP contribution in [0.1, 0.15) is 35.2 Å². The Morgan fingerprint density at radius 1 is 1.65 bits per heavy atom. The van der Waals surface area contributed by atoms with E-state index in [1.54, 1.807) is 11.8 Å². The Morgan fingerprint density at radius 2 is 2.35 bits per heavy atom. The van der Waals surface area contributed by atoms with Crippen LogP contribution in [0.3, 0.4) is 0 Å². The summed E-state index contributed by atoms with van der Waals surface area (Å²) in [5.41, 5.74) is 8.66. The van der Waals surface area contributed by atoms with E-state index in [4.69, 9.17) is 16.0 Å². The predicted molar refractivity (Wildman–Crippen MR) is 69.5 cm³/mol. The number of hydrogen-bond donors (Lipinski definition) is 3. The van der Waals surface area contributed by atoms with Gasteiger partial charge in [0.05, 0.1) is 5.75 Å². The van der Waals surface area contributed by atoms with E-state index >= 15 is 0 Å². The van der Waals surface area contributed by atoms with Crippen LogP contribution in [0.4, 0.5) is 0 Å². The molecule has 5 N–H and O–H groups in total. The van der Waals surface area contributed by atoms with E-state index in [2.05, 4.69) is 12.3 Å². The number of furan rings is 1. The first-order valence-electron chi connectivity index (χ1n) is 5.52. The Labute approximate surface area is 105 Å². The summed E-state index contributed by atoms with van der Waals surface area (Å²) in [4.78, 5) is 11.3. The van der Waals surface area contributed by atoms with Crippen LogP contribution in [-0.2, 0) is 5.75 Å². The number of aryl methyl sites for hydroxylation is 1. The van der Waals surface area contributed by atoms with Crippen LogP contribution in [0.2, 0.25) is 0 Å². The van der Waals surface area contributed by atoms with Crippen LogP contribution >= 0.6 is 11.8 Å². The number of carbonyl (C=O) groups is 1. The van der Waals surface area contributed by atoms with Crippen LogP contribution < -0.4 is 17.0 Å². The summed E-state index contributed by atoms with van der Waals surface area (Å²) >= 11 is 1.70. The van der Waals surface area contributed by atoms with Crippen molar-refractivity contribution in [3.05, 3.63) is 23.2 Å². The molecule has 1 unspecified atom stereocenters. The summed E-state index contributed by atoms with van der Waals surface area (Å²) in [6.45, 7) is 3.88. The fourth-order valence-electron chi connectivity index (χ4n) is 1.34. The summed E-state index contributed by atoms with van der Waals surface area (Å²) in [5, 5.41) is 0. The maximum absolute atomic E-state index is 11.3. The highest BCUT2D eigenvalue weighted by atomic mass is 32.2. The minimum Gasteiger partial charge on any atom is -0.455 e. The van der Waals surface area contributed by atoms with Crippen LogP contribution in [-0.4, -0.2) is 17.7 Å². The molecule has 0 spiro atoms. The molecule has 0 saturated carbocycles. The number of rotatable bonds is 6. The zero-order valence-corrected chi connectivity index (χ0v) is 11.0. The normalized spacial score (nSPS) is 12.5. The van der Waals surface area contributed by atoms with Gasteiger partial charge in [-0.1, -0.05) is 6.92 Å². The lowest BCUT2D eigenvalue weighted by Crippen LogP contribution is -2.30. The molecule has 0 aromatic carbocycles. The average molecular weight is 257 g/mol. The molecule has 5 nitrogen and oxygen atoms in total. The van der Waals surface area contributed by atoms with Crippen molar-refractivity contribution >= 4 is 17.7 Å². The summed E-state index contributed by atoms with van der Waals surface area (Å²) < 4.78 is 5.43. The van der Waals surface area contributed by atoms with Gasteiger partial charge in [0.25, 0.3) is 0 Å². The van der Waals surface area contributed by atoms with Crippen molar-refractivity contribution in [3.8, 4) is 0 Å². The van der Waals surface area contributed by atoms with Crippen molar-refractivity contribution < 1.29 is 9.21 Å². The monoisotopic (exact) mass is 257 g/mol. The molecule has 1 atom stereocenters. The van der Waals surface area contributed by atoms with E-state index in [1.165, 1.54) is 0 Å². The maximum atomic E-state index is 11.3. The molecule has 0 bridgehead atoms. The first-order valence-corrected chi connectivity index (χ1v) is 6.67. The third-order valence-corrected chi connectivity index (χ3v) is 3.56. The molecule has 0 saturated heterocycles. The number of nitrogen functional groups attached to an aromatic ring is 1. The van der Waals surface area contributed by atoms with Crippen molar-refractivity contribution in [1.82, 2.24) is 5.43 Å². The molecular weight excluding hydrogens is 238 g/mol. The van der Waals surface area contributed by atoms with Crippen LogP contribution in [0.5, 0.6) is 0 Å². The molecular formula is C11H19N3O2S. The third kappa shape index (κ3) is 4.07. The van der Waals surface area contributed by atoms with Crippen molar-refractivity contribution in [2.24, 2.45) is 11.6 Å². The summed E-state index contributed by atoms with van der Waals surface area (Å²) in [5.74, 6) is 7.31. The summed E-state index contributed by atoms with van der Waals surface area (Å²) in [6, 6.07) is 2.07. The van der Waals surface area contributed by atoms with Gasteiger partial charge in [0.15, 0.2) is 5.76 Å². The minimum absolute atomic E-state index is 0.211. The molecule has 1 rings (SSSR count). The molecule has 96 valence electrons. The Balaban J connectivity index is 2.53. The fourth-order valence-corrected chi connectivity index (χ4v) is 2.34. The van der Waals surface area contributed by atoms with E-state index in [0.29, 0.717) is 5.75 Å². The van der Waals surface area contributed by atoms with Gasteiger partial charge >= 0.3 is 5.91 Å². The van der Waals surface area contributed by atoms with Gasteiger partial charge in [-0.15, -0.1) is 0 Å². The smallest absolute Gasteiger partial charge is 0.301 e. The van der Waals surface area contributed by atoms with Gasteiger partial charge < -0.3 is 10.2 Å². The second kappa shape index (κ2) is 6.68. The molecule has 1 aromatic rings. The van der Waals surface area contributed by atoms with Crippen molar-refractivity contribution in [2.45, 2.75) is 32.1 Å². The average Bonchev–Trinajstić information content (AvgIpc) is 2.69. The number of thioether (sulfide) groups is 1. The zero-order valence-electron chi connectivity index (χ0n) is 10.2. The van der Waals surface area contributed by atoms with E-state index in [-0.39, 0.29) is 11.8 Å². The highest BCUT2D eigenvalue weighted by Crippen LogP contribution is 2.20. The van der Waals surface area contributed by atoms with Gasteiger partial charge in [-0.05, 0) is 19.4 Å². The predicted octanol–water partition coefficient (Wildman–Crippen LogP) is 1.16. The topological polar surface area (TPSA) is 94.3 Å². The lowest BCUT2D eigenvalue weighted by Gasteiger charge is -2.06. The summed E-state index contributed by atoms with van der Waals surface area (Å²) in [7, 11) is 0. The highest BCUT2D eigenvalue weighted by Gasteiger charge is 2.14. The molecule has 0 aliphatic rings. The minimum atomic E-state index is -0.399. The van der Waals surface area contributed by atoms with E-state index in [9.17, 15) is 4.79 Å². The standard InChI is InChI=1S/C11H19N3O2S/c1-3-8(12)5-17-6-9-4-7(2)10(16-9)11(15)14-13/h4,8H,3,5-6,12-13H2,1-2H3,(H,14,15). The van der Waals surface area contributed by atoms with E-state index < -0.39 is 5.91 Å². The SMILES string of the molecule is CCC(N)CSCc1cc(C)c(C(=O)NN)o1. The lowest BCUT2D eigenvalue weighted by molar-refractivity contribution is 0.0923. The van der Waals surface area contributed by atoms with Gasteiger partial charge in [0.2, 0.25) is 0 Å². The van der Waals surface area contributed by atoms with Crippen molar-refractivity contribution in [2.75, 3.05) is 5.75 Å². The van der Waals surface area contributed by atoms with E-state index in [0.717, 1.165) is 23.5 Å². The molecule has 1 heterocycles. The number of hydrogen-bond acceptors (Lipinski definition) is 5. The Bertz CT molecular complexity index is 379. The number of hydrazine groups is 1. The zero-order chi connectivity index (χ0) is 12.8. The molecule has 0 aliphatic heterocycles. The molecule has 1 amide bonds. The largest absolute Gasteiger partial charge is 0.455 e. The highest BCUT2D eigenvalue weighted by molar-refractivity contribution is 7.98. The van der Waals surface area contributed by atoms with Gasteiger partial charge in [-0.25, -0.2) is 5.84 Å². The van der Waals surface area contributed by atoms with Crippen LogP contribution in [0.15, 0.2) is 10.5 Å². The molecule has 1 aromatic heterocycles. The molecule has 0 fully saturated rings. The van der Waals surface area contributed by atoms with Crippen molar-refractivity contribution in [1.29, 1.82) is 0 Å². The second-order valence-corrected chi connectivity index (χ2v) is 4.91. The lowest BCUT2D eigenvalue weighted by atomic mass is 10.2. The van der Waals surface area contributed by atoms with Crippen LogP contribution in [0.25, 0.3) is 0 Å². The Hall–Kier alpha value is -0.980. The summed E-state index contributed by atoms with van der Waals surface area (Å²) in [6.07, 6.45) is 0.963. The van der Waals surface area contributed by atoms with Crippen molar-refractivity contribution in [3.63, 3.8) is 0 Å². The number of nitrogens with two attached hydrogens (primary N) is 2. The number of carbonyl (C=O) groups excluding carboxylic acids is 1. The Morgan fingerprint density at radius 3 is 2.94 bits per heavy atom. The Kier molecular flexibility index (Phi) is 5.54. The van der Waals surface area contributed by atoms with E-state index in [1.807, 2.05) is 13.0 Å². The van der Waals surface area contributed by atoms with Gasteiger partial charge in [0, 0.05) is 17.4 Å². The van der Waals surface area contributed by atoms with Gasteiger partial charge in [-0.3, -0.25) is 10.2 Å². The van der Waals surface area contributed by atoms with Crippen LogP contribution in [0, 0.1) is 6.92 Å². The first kappa shape index (κ1) is 14.1. The number of nitrogens with one attached hydrogen (secondary N) is 1. The number of amides is 1. The third-order valence-electron chi connectivity index (χ3n) is 2.41. The fraction of sp³-hybridized carbons (Fsp3) is 0.545. The molecule has 17 heavy (non-hydrogen) atoms. The quantitative estimate of drug-likeness (QED) is 0.404. The van der Waals surface area contributed by atoms with Gasteiger partial charge in [0.1, 0.15) is 5.76 Å². The molecule has 6 heteroatoms. The second-order valence-electron chi connectivity index (χ2n) is 3.88. The molecule has 0 aliphatic carbocycles. The molecule has 0 radical (unpaired) electrons.